The molecule has 376 valence electrons. The normalized spacial score (nSPS) is 13.7. The van der Waals surface area contributed by atoms with Crippen molar-refractivity contribution in [1.82, 2.24) is 5.32 Å². The zero-order valence-corrected chi connectivity index (χ0v) is 42.9. The second kappa shape index (κ2) is 52.3. The third-order valence-corrected chi connectivity index (χ3v) is 12.4. The molecule has 6 heteroatoms. The van der Waals surface area contributed by atoms with Gasteiger partial charge >= 0.3 is 5.97 Å². The Balaban J connectivity index is 4.52. The van der Waals surface area contributed by atoms with Crippen LogP contribution in [0.3, 0.4) is 0 Å². The molecule has 0 radical (unpaired) electrons. The highest BCUT2D eigenvalue weighted by atomic mass is 16.5. The molecule has 0 fully saturated rings. The van der Waals surface area contributed by atoms with Crippen LogP contribution in [0.2, 0.25) is 0 Å². The Labute approximate surface area is 402 Å². The standard InChI is InChI=1S/C59H105NO5/c1-4-7-10-13-16-19-22-24-26-28-29-30-32-34-37-40-43-46-49-52-59(64)65-55(50-47-44-41-38-35-21-18-15-12-9-6-3)53-58(63)60-56(54-61)57(62)51-48-45-42-39-36-33-31-27-25-23-20-17-14-11-8-5-2/h9,12,15-16,18-19,21,24,26,35,38,41,55-57,61-62H,4-8,10-11,13-14,17,20,22-23,25,27-34,36-37,39-40,42-54H2,1-3H3,(H,60,63)/b12-9+,18-15+,19-16-,26-24-,35-21-,41-38-. The lowest BCUT2D eigenvalue weighted by atomic mass is 10.0. The number of aliphatic hydroxyl groups is 2. The topological polar surface area (TPSA) is 95.9 Å². The first-order valence-electron chi connectivity index (χ1n) is 27.7. The van der Waals surface area contributed by atoms with Gasteiger partial charge in [-0.25, -0.2) is 0 Å². The van der Waals surface area contributed by atoms with Crippen LogP contribution in [0.4, 0.5) is 0 Å². The number of amides is 1. The first kappa shape index (κ1) is 62.3. The number of carbonyl (C=O) groups excluding carboxylic acids is 2. The fourth-order valence-corrected chi connectivity index (χ4v) is 8.18. The Bertz CT molecular complexity index is 1200. The molecule has 0 aromatic rings. The monoisotopic (exact) mass is 908 g/mol. The van der Waals surface area contributed by atoms with Crippen molar-refractivity contribution in [3.05, 3.63) is 72.9 Å². The number of rotatable bonds is 49. The van der Waals surface area contributed by atoms with E-state index in [0.717, 1.165) is 64.2 Å². The molecule has 0 saturated heterocycles. The summed E-state index contributed by atoms with van der Waals surface area (Å²) >= 11 is 0. The number of esters is 1. The zero-order chi connectivity index (χ0) is 47.4. The van der Waals surface area contributed by atoms with Crippen LogP contribution in [0.1, 0.15) is 265 Å². The average molecular weight is 908 g/mol. The SMILES string of the molecule is CC/C=C/C=C/C=C\C=C/CCCC(CC(=O)NC(CO)C(O)CCCCCCCCCCCCCCCCCC)OC(=O)CCCCCCCCCCC/C=C\C/C=C\CCCCC. The Kier molecular flexibility index (Phi) is 50.1. The highest BCUT2D eigenvalue weighted by Gasteiger charge is 2.24. The number of aliphatic hydroxyl groups excluding tert-OH is 2. The number of carbonyl (C=O) groups is 2. The number of unbranched alkanes of at least 4 members (excludes halogenated alkanes) is 28. The number of hydrogen-bond donors (Lipinski definition) is 3. The first-order chi connectivity index (χ1) is 32.0. The molecule has 0 aliphatic heterocycles. The predicted molar refractivity (Wildman–Crippen MR) is 282 cm³/mol. The molecule has 1 amide bonds. The summed E-state index contributed by atoms with van der Waals surface area (Å²) in [6, 6.07) is -0.726. The van der Waals surface area contributed by atoms with Crippen LogP contribution < -0.4 is 5.32 Å². The molecule has 0 rings (SSSR count). The maximum Gasteiger partial charge on any atom is 0.306 e. The molecule has 65 heavy (non-hydrogen) atoms. The predicted octanol–water partition coefficient (Wildman–Crippen LogP) is 17.0. The third kappa shape index (κ3) is 47.6. The Morgan fingerprint density at radius 1 is 0.477 bits per heavy atom. The van der Waals surface area contributed by atoms with Crippen molar-refractivity contribution < 1.29 is 24.5 Å². The Morgan fingerprint density at radius 2 is 0.908 bits per heavy atom. The highest BCUT2D eigenvalue weighted by Crippen LogP contribution is 2.17. The number of ether oxygens (including phenoxy) is 1. The summed E-state index contributed by atoms with van der Waals surface area (Å²) in [4.78, 5) is 26.2. The molecule has 3 unspecified atom stereocenters. The molecule has 6 nitrogen and oxygen atoms in total. The lowest BCUT2D eigenvalue weighted by Gasteiger charge is -2.24. The highest BCUT2D eigenvalue weighted by molar-refractivity contribution is 5.77. The summed E-state index contributed by atoms with van der Waals surface area (Å²) in [7, 11) is 0. The van der Waals surface area contributed by atoms with Gasteiger partial charge in [-0.2, -0.15) is 0 Å². The van der Waals surface area contributed by atoms with Crippen LogP contribution in [0.25, 0.3) is 0 Å². The number of allylic oxidation sites excluding steroid dienone is 12. The fraction of sp³-hybridized carbons (Fsp3) is 0.763. The molecule has 0 saturated carbocycles. The van der Waals surface area contributed by atoms with Crippen LogP contribution in [0.5, 0.6) is 0 Å². The van der Waals surface area contributed by atoms with Gasteiger partial charge in [0.05, 0.1) is 25.2 Å². The number of nitrogens with one attached hydrogen (secondary N) is 1. The van der Waals surface area contributed by atoms with Gasteiger partial charge in [-0.1, -0.05) is 254 Å². The van der Waals surface area contributed by atoms with E-state index in [2.05, 4.69) is 62.5 Å². The zero-order valence-electron chi connectivity index (χ0n) is 42.9. The minimum atomic E-state index is -0.808. The minimum absolute atomic E-state index is 0.0283. The summed E-state index contributed by atoms with van der Waals surface area (Å²) in [5.41, 5.74) is 0. The van der Waals surface area contributed by atoms with E-state index in [9.17, 15) is 19.8 Å². The summed E-state index contributed by atoms with van der Waals surface area (Å²) < 4.78 is 5.90. The van der Waals surface area contributed by atoms with Crippen molar-refractivity contribution in [2.75, 3.05) is 6.61 Å². The summed E-state index contributed by atoms with van der Waals surface area (Å²) in [5, 5.41) is 23.8. The van der Waals surface area contributed by atoms with Crippen molar-refractivity contribution in [1.29, 1.82) is 0 Å². The summed E-state index contributed by atoms with van der Waals surface area (Å²) in [5.74, 6) is -0.544. The Hall–Kier alpha value is -2.70. The smallest absolute Gasteiger partial charge is 0.306 e. The maximum absolute atomic E-state index is 13.2. The van der Waals surface area contributed by atoms with Crippen molar-refractivity contribution in [2.45, 2.75) is 283 Å². The molecule has 0 aliphatic carbocycles. The quantitative estimate of drug-likeness (QED) is 0.0245. The van der Waals surface area contributed by atoms with Gasteiger partial charge < -0.3 is 20.3 Å². The largest absolute Gasteiger partial charge is 0.462 e. The van der Waals surface area contributed by atoms with E-state index in [1.165, 1.54) is 154 Å². The van der Waals surface area contributed by atoms with E-state index < -0.39 is 18.2 Å². The van der Waals surface area contributed by atoms with E-state index in [4.69, 9.17) is 4.74 Å². The van der Waals surface area contributed by atoms with Crippen molar-refractivity contribution in [3.63, 3.8) is 0 Å². The molecule has 0 aromatic heterocycles. The minimum Gasteiger partial charge on any atom is -0.462 e. The van der Waals surface area contributed by atoms with Gasteiger partial charge in [-0.15, -0.1) is 0 Å². The van der Waals surface area contributed by atoms with Gasteiger partial charge in [0.15, 0.2) is 0 Å². The average Bonchev–Trinajstić information content (AvgIpc) is 3.30. The second-order valence-electron chi connectivity index (χ2n) is 18.7. The fourth-order valence-electron chi connectivity index (χ4n) is 8.18. The van der Waals surface area contributed by atoms with E-state index in [1.807, 2.05) is 36.5 Å². The molecule has 0 bridgehead atoms. The summed E-state index contributed by atoms with van der Waals surface area (Å²) in [6.45, 7) is 6.31. The molecule has 0 heterocycles. The van der Waals surface area contributed by atoms with E-state index >= 15 is 0 Å². The lowest BCUT2D eigenvalue weighted by Crippen LogP contribution is -2.46. The van der Waals surface area contributed by atoms with Gasteiger partial charge in [-0.3, -0.25) is 9.59 Å². The van der Waals surface area contributed by atoms with Gasteiger partial charge in [0, 0.05) is 6.42 Å². The first-order valence-corrected chi connectivity index (χ1v) is 27.7. The van der Waals surface area contributed by atoms with Crippen LogP contribution in [0, 0.1) is 0 Å². The molecule has 3 atom stereocenters. The van der Waals surface area contributed by atoms with Crippen molar-refractivity contribution >= 4 is 11.9 Å². The van der Waals surface area contributed by atoms with Crippen LogP contribution in [-0.4, -0.2) is 46.9 Å². The molecule has 0 aliphatic rings. The molecule has 0 spiro atoms. The second-order valence-corrected chi connectivity index (χ2v) is 18.7. The summed E-state index contributed by atoms with van der Waals surface area (Å²) in [6.07, 6.45) is 66.9. The van der Waals surface area contributed by atoms with Gasteiger partial charge in [0.1, 0.15) is 6.10 Å². The van der Waals surface area contributed by atoms with Gasteiger partial charge in [0.25, 0.3) is 0 Å². The Morgan fingerprint density at radius 3 is 1.43 bits per heavy atom. The molecule has 0 aromatic carbocycles. The third-order valence-electron chi connectivity index (χ3n) is 12.4. The van der Waals surface area contributed by atoms with E-state index in [-0.39, 0.29) is 24.9 Å². The maximum atomic E-state index is 13.2. The molecular weight excluding hydrogens is 803 g/mol. The number of hydrogen-bond acceptors (Lipinski definition) is 5. The van der Waals surface area contributed by atoms with Crippen LogP contribution in [-0.2, 0) is 14.3 Å². The van der Waals surface area contributed by atoms with Crippen LogP contribution in [0.15, 0.2) is 72.9 Å². The van der Waals surface area contributed by atoms with Crippen LogP contribution >= 0.6 is 0 Å². The van der Waals surface area contributed by atoms with E-state index in [0.29, 0.717) is 19.3 Å². The van der Waals surface area contributed by atoms with Gasteiger partial charge in [-0.05, 0) is 70.6 Å². The van der Waals surface area contributed by atoms with Crippen molar-refractivity contribution in [2.24, 2.45) is 0 Å². The van der Waals surface area contributed by atoms with Crippen molar-refractivity contribution in [3.8, 4) is 0 Å². The molecule has 3 N–H and O–H groups in total. The lowest BCUT2D eigenvalue weighted by molar-refractivity contribution is -0.151. The van der Waals surface area contributed by atoms with E-state index in [1.54, 1.807) is 0 Å². The van der Waals surface area contributed by atoms with Gasteiger partial charge in [0.2, 0.25) is 5.91 Å². The molecular formula is C59H105NO5.